The van der Waals surface area contributed by atoms with E-state index in [0.29, 0.717) is 0 Å². The molecule has 0 amide bonds. The van der Waals surface area contributed by atoms with E-state index in [9.17, 15) is 0 Å². The summed E-state index contributed by atoms with van der Waals surface area (Å²) in [5, 5.41) is 0. The highest BCUT2D eigenvalue weighted by Gasteiger charge is 2.23. The highest BCUT2D eigenvalue weighted by Crippen LogP contribution is 2.34. The Hall–Kier alpha value is 0.290. The zero-order valence-electron chi connectivity index (χ0n) is 8.35. The Balaban J connectivity index is 2.25. The summed E-state index contributed by atoms with van der Waals surface area (Å²) in [5.41, 5.74) is 0. The van der Waals surface area contributed by atoms with Crippen LogP contribution in [0.5, 0.6) is 0 Å². The highest BCUT2D eigenvalue weighted by molar-refractivity contribution is 6.18. The van der Waals surface area contributed by atoms with Crippen molar-refractivity contribution in [2.24, 2.45) is 17.8 Å². The number of rotatable bonds is 3. The molecule has 1 aliphatic carbocycles. The van der Waals surface area contributed by atoms with Gasteiger partial charge in [-0.05, 0) is 43.4 Å². The van der Waals surface area contributed by atoms with E-state index < -0.39 is 0 Å². The molecule has 0 aromatic heterocycles. The summed E-state index contributed by atoms with van der Waals surface area (Å²) >= 11 is 5.84. The first kappa shape index (κ1) is 10.4. The van der Waals surface area contributed by atoms with Gasteiger partial charge in [-0.15, -0.1) is 11.6 Å². The van der Waals surface area contributed by atoms with E-state index in [1.807, 2.05) is 0 Å². The van der Waals surface area contributed by atoms with Crippen molar-refractivity contribution in [1.29, 1.82) is 0 Å². The maximum atomic E-state index is 5.84. The zero-order valence-corrected chi connectivity index (χ0v) is 9.11. The Morgan fingerprint density at radius 3 is 2.25 bits per heavy atom. The zero-order chi connectivity index (χ0) is 8.97. The summed E-state index contributed by atoms with van der Waals surface area (Å²) in [7, 11) is 0. The van der Waals surface area contributed by atoms with Crippen molar-refractivity contribution in [1.82, 2.24) is 0 Å². The molecule has 1 unspecified atom stereocenters. The average molecular weight is 189 g/mol. The summed E-state index contributed by atoms with van der Waals surface area (Å²) in [6.07, 6.45) is 6.94. The third-order valence-corrected chi connectivity index (χ3v) is 3.99. The van der Waals surface area contributed by atoms with Crippen LogP contribution < -0.4 is 0 Å². The molecule has 0 bridgehead atoms. The van der Waals surface area contributed by atoms with Gasteiger partial charge >= 0.3 is 0 Å². The fourth-order valence-corrected chi connectivity index (χ4v) is 2.55. The quantitative estimate of drug-likeness (QED) is 0.586. The first-order valence-electron chi connectivity index (χ1n) is 5.33. The van der Waals surface area contributed by atoms with Crippen molar-refractivity contribution in [3.05, 3.63) is 0 Å². The van der Waals surface area contributed by atoms with E-state index in [4.69, 9.17) is 11.6 Å². The number of hydrogen-bond donors (Lipinski definition) is 0. The van der Waals surface area contributed by atoms with Crippen LogP contribution in [0.15, 0.2) is 0 Å². The molecule has 1 fully saturated rings. The molecule has 0 radical (unpaired) electrons. The standard InChI is InChI=1S/C11H21Cl/c1-3-9(2)11-6-4-10(8-12)5-7-11/h9-11H,3-8H2,1-2H3. The summed E-state index contributed by atoms with van der Waals surface area (Å²) in [6.45, 7) is 4.70. The van der Waals surface area contributed by atoms with Crippen molar-refractivity contribution < 1.29 is 0 Å². The molecule has 0 aromatic carbocycles. The van der Waals surface area contributed by atoms with Crippen molar-refractivity contribution in [3.63, 3.8) is 0 Å². The third-order valence-electron chi connectivity index (χ3n) is 3.56. The van der Waals surface area contributed by atoms with Gasteiger partial charge in [-0.1, -0.05) is 20.3 Å². The second-order valence-electron chi connectivity index (χ2n) is 4.32. The average Bonchev–Trinajstić information content (AvgIpc) is 2.17. The molecule has 1 heteroatoms. The summed E-state index contributed by atoms with van der Waals surface area (Å²) in [5.74, 6) is 3.63. The Bertz CT molecular complexity index is 114. The first-order chi connectivity index (χ1) is 5.77. The van der Waals surface area contributed by atoms with Gasteiger partial charge in [-0.25, -0.2) is 0 Å². The van der Waals surface area contributed by atoms with Gasteiger partial charge in [-0.3, -0.25) is 0 Å². The maximum Gasteiger partial charge on any atom is 0.0251 e. The second kappa shape index (κ2) is 5.11. The summed E-state index contributed by atoms with van der Waals surface area (Å²) < 4.78 is 0. The fraction of sp³-hybridized carbons (Fsp3) is 1.00. The van der Waals surface area contributed by atoms with Crippen molar-refractivity contribution in [2.75, 3.05) is 5.88 Å². The molecule has 12 heavy (non-hydrogen) atoms. The van der Waals surface area contributed by atoms with Crippen LogP contribution in [-0.4, -0.2) is 5.88 Å². The largest absolute Gasteiger partial charge is 0.126 e. The van der Waals surface area contributed by atoms with Crippen molar-refractivity contribution in [2.45, 2.75) is 46.0 Å². The van der Waals surface area contributed by atoms with Crippen molar-refractivity contribution >= 4 is 11.6 Å². The van der Waals surface area contributed by atoms with Gasteiger partial charge in [0.25, 0.3) is 0 Å². The Morgan fingerprint density at radius 1 is 1.25 bits per heavy atom. The predicted octanol–water partition coefficient (Wildman–Crippen LogP) is 4.08. The molecule has 1 rings (SSSR count). The van der Waals surface area contributed by atoms with Crippen LogP contribution in [0, 0.1) is 17.8 Å². The molecule has 0 heterocycles. The van der Waals surface area contributed by atoms with Gasteiger partial charge < -0.3 is 0 Å². The SMILES string of the molecule is CCC(C)C1CCC(CCl)CC1. The van der Waals surface area contributed by atoms with Crippen LogP contribution in [0.2, 0.25) is 0 Å². The summed E-state index contributed by atoms with van der Waals surface area (Å²) in [6, 6.07) is 0. The lowest BCUT2D eigenvalue weighted by molar-refractivity contribution is 0.221. The minimum absolute atomic E-state index is 0.826. The lowest BCUT2D eigenvalue weighted by Crippen LogP contribution is -2.20. The van der Waals surface area contributed by atoms with E-state index in [0.717, 1.165) is 23.6 Å². The van der Waals surface area contributed by atoms with E-state index in [-0.39, 0.29) is 0 Å². The molecular formula is C11H21Cl. The second-order valence-corrected chi connectivity index (χ2v) is 4.63. The summed E-state index contributed by atoms with van der Waals surface area (Å²) in [4.78, 5) is 0. The van der Waals surface area contributed by atoms with E-state index in [1.54, 1.807) is 0 Å². The third kappa shape index (κ3) is 2.65. The molecule has 0 N–H and O–H groups in total. The Kier molecular flexibility index (Phi) is 4.42. The predicted molar refractivity (Wildman–Crippen MR) is 55.6 cm³/mol. The number of alkyl halides is 1. The molecule has 0 aliphatic heterocycles. The molecule has 1 aliphatic rings. The van der Waals surface area contributed by atoms with E-state index >= 15 is 0 Å². The van der Waals surface area contributed by atoms with Crippen LogP contribution >= 0.6 is 11.6 Å². The molecule has 0 nitrogen and oxygen atoms in total. The smallest absolute Gasteiger partial charge is 0.0251 e. The minimum Gasteiger partial charge on any atom is -0.126 e. The molecule has 1 atom stereocenters. The molecule has 1 saturated carbocycles. The van der Waals surface area contributed by atoms with Gasteiger partial charge in [0.2, 0.25) is 0 Å². The lowest BCUT2D eigenvalue weighted by atomic mass is 9.76. The normalized spacial score (nSPS) is 33.2. The Morgan fingerprint density at radius 2 is 1.83 bits per heavy atom. The monoisotopic (exact) mass is 188 g/mol. The van der Waals surface area contributed by atoms with Gasteiger partial charge in [0.15, 0.2) is 0 Å². The van der Waals surface area contributed by atoms with Crippen LogP contribution in [0.1, 0.15) is 46.0 Å². The van der Waals surface area contributed by atoms with Crippen LogP contribution in [0.25, 0.3) is 0 Å². The fourth-order valence-electron chi connectivity index (χ4n) is 2.24. The van der Waals surface area contributed by atoms with E-state index in [2.05, 4.69) is 13.8 Å². The van der Waals surface area contributed by atoms with Gasteiger partial charge in [0, 0.05) is 5.88 Å². The molecule has 72 valence electrons. The van der Waals surface area contributed by atoms with Crippen LogP contribution in [-0.2, 0) is 0 Å². The number of halogens is 1. The Labute approximate surface area is 81.7 Å². The lowest BCUT2D eigenvalue weighted by Gasteiger charge is -2.30. The molecular weight excluding hydrogens is 168 g/mol. The first-order valence-corrected chi connectivity index (χ1v) is 5.87. The van der Waals surface area contributed by atoms with Gasteiger partial charge in [0.05, 0.1) is 0 Å². The van der Waals surface area contributed by atoms with Gasteiger partial charge in [0.1, 0.15) is 0 Å². The van der Waals surface area contributed by atoms with Gasteiger partial charge in [-0.2, -0.15) is 0 Å². The molecule has 0 spiro atoms. The highest BCUT2D eigenvalue weighted by atomic mass is 35.5. The van der Waals surface area contributed by atoms with E-state index in [1.165, 1.54) is 32.1 Å². The maximum absolute atomic E-state index is 5.84. The van der Waals surface area contributed by atoms with Crippen molar-refractivity contribution in [3.8, 4) is 0 Å². The molecule has 0 saturated heterocycles. The van der Waals surface area contributed by atoms with Crippen LogP contribution in [0.4, 0.5) is 0 Å². The molecule has 0 aromatic rings. The topological polar surface area (TPSA) is 0 Å². The number of hydrogen-bond acceptors (Lipinski definition) is 0. The minimum atomic E-state index is 0.826. The van der Waals surface area contributed by atoms with Crippen LogP contribution in [0.3, 0.4) is 0 Å².